The van der Waals surface area contributed by atoms with Crippen LogP contribution < -0.4 is 5.32 Å². The zero-order chi connectivity index (χ0) is 12.4. The standard InChI is InChI=1S/C11H7F2NO2S/c12-6-2-1-3-7(13)9(6)14-8-4-5-17-10(8)11(15)16/h1-5,14H,(H,15,16). The first-order chi connectivity index (χ1) is 8.09. The molecule has 2 aromatic rings. The van der Waals surface area contributed by atoms with Crippen LogP contribution in [0.2, 0.25) is 0 Å². The van der Waals surface area contributed by atoms with Gasteiger partial charge < -0.3 is 10.4 Å². The molecule has 0 radical (unpaired) electrons. The monoisotopic (exact) mass is 255 g/mol. The Balaban J connectivity index is 2.38. The van der Waals surface area contributed by atoms with Crippen molar-refractivity contribution in [2.24, 2.45) is 0 Å². The van der Waals surface area contributed by atoms with Gasteiger partial charge in [0.1, 0.15) is 22.2 Å². The minimum absolute atomic E-state index is 0.00709. The summed E-state index contributed by atoms with van der Waals surface area (Å²) in [7, 11) is 0. The molecule has 2 N–H and O–H groups in total. The number of carboxylic acid groups (broad SMARTS) is 1. The van der Waals surface area contributed by atoms with Crippen molar-refractivity contribution in [2.75, 3.05) is 5.32 Å². The van der Waals surface area contributed by atoms with E-state index in [0.29, 0.717) is 0 Å². The maximum absolute atomic E-state index is 13.3. The van der Waals surface area contributed by atoms with Crippen molar-refractivity contribution in [3.8, 4) is 0 Å². The van der Waals surface area contributed by atoms with E-state index in [-0.39, 0.29) is 16.3 Å². The number of thiophene rings is 1. The molecule has 0 atom stereocenters. The van der Waals surface area contributed by atoms with Crippen molar-refractivity contribution < 1.29 is 18.7 Å². The predicted molar refractivity (Wildman–Crippen MR) is 60.9 cm³/mol. The summed E-state index contributed by atoms with van der Waals surface area (Å²) in [5.74, 6) is -2.68. The summed E-state index contributed by atoms with van der Waals surface area (Å²) in [6.45, 7) is 0. The first-order valence-electron chi connectivity index (χ1n) is 4.61. The summed E-state index contributed by atoms with van der Waals surface area (Å²) < 4.78 is 26.7. The summed E-state index contributed by atoms with van der Waals surface area (Å²) in [5.41, 5.74) is -0.181. The van der Waals surface area contributed by atoms with Gasteiger partial charge in [-0.3, -0.25) is 0 Å². The Hall–Kier alpha value is -1.95. The van der Waals surface area contributed by atoms with Crippen LogP contribution >= 0.6 is 11.3 Å². The molecule has 0 bridgehead atoms. The summed E-state index contributed by atoms with van der Waals surface area (Å²) in [4.78, 5) is 10.8. The second-order valence-electron chi connectivity index (χ2n) is 3.19. The number of aromatic carboxylic acids is 1. The molecule has 3 nitrogen and oxygen atoms in total. The minimum atomic E-state index is -1.14. The Morgan fingerprint density at radius 3 is 2.47 bits per heavy atom. The third-order valence-electron chi connectivity index (χ3n) is 2.08. The predicted octanol–water partition coefficient (Wildman–Crippen LogP) is 3.47. The smallest absolute Gasteiger partial charge is 0.348 e. The van der Waals surface area contributed by atoms with Gasteiger partial charge in [0, 0.05) is 0 Å². The Morgan fingerprint density at radius 2 is 1.88 bits per heavy atom. The van der Waals surface area contributed by atoms with Crippen LogP contribution in [0.5, 0.6) is 0 Å². The van der Waals surface area contributed by atoms with E-state index in [1.54, 1.807) is 0 Å². The minimum Gasteiger partial charge on any atom is -0.477 e. The van der Waals surface area contributed by atoms with Crippen LogP contribution in [0.3, 0.4) is 0 Å². The second kappa shape index (κ2) is 4.50. The van der Waals surface area contributed by atoms with Crippen molar-refractivity contribution in [3.63, 3.8) is 0 Å². The fraction of sp³-hybridized carbons (Fsp3) is 0. The Bertz CT molecular complexity index is 548. The van der Waals surface area contributed by atoms with Crippen molar-refractivity contribution in [3.05, 3.63) is 46.2 Å². The number of para-hydroxylation sites is 1. The van der Waals surface area contributed by atoms with Crippen LogP contribution in [0.1, 0.15) is 9.67 Å². The van der Waals surface area contributed by atoms with E-state index in [1.807, 2.05) is 0 Å². The van der Waals surface area contributed by atoms with Gasteiger partial charge in [-0.25, -0.2) is 13.6 Å². The lowest BCUT2D eigenvalue weighted by atomic mass is 10.2. The van der Waals surface area contributed by atoms with E-state index in [4.69, 9.17) is 5.11 Å². The van der Waals surface area contributed by atoms with Crippen LogP contribution in [-0.2, 0) is 0 Å². The molecular formula is C11H7F2NO2S. The molecule has 1 aromatic heterocycles. The van der Waals surface area contributed by atoms with Crippen molar-refractivity contribution in [1.29, 1.82) is 0 Å². The third kappa shape index (κ3) is 2.26. The van der Waals surface area contributed by atoms with Crippen LogP contribution in [-0.4, -0.2) is 11.1 Å². The number of halogens is 2. The molecule has 0 aliphatic heterocycles. The second-order valence-corrected chi connectivity index (χ2v) is 4.11. The molecular weight excluding hydrogens is 248 g/mol. The average molecular weight is 255 g/mol. The van der Waals surface area contributed by atoms with Gasteiger partial charge >= 0.3 is 5.97 Å². The summed E-state index contributed by atoms with van der Waals surface area (Å²) in [6, 6.07) is 4.89. The van der Waals surface area contributed by atoms with E-state index < -0.39 is 17.6 Å². The normalized spacial score (nSPS) is 10.2. The third-order valence-corrected chi connectivity index (χ3v) is 2.98. The van der Waals surface area contributed by atoms with Gasteiger partial charge in [0.15, 0.2) is 0 Å². The molecule has 0 saturated carbocycles. The van der Waals surface area contributed by atoms with Gasteiger partial charge in [-0.05, 0) is 23.6 Å². The highest BCUT2D eigenvalue weighted by Gasteiger charge is 2.15. The highest BCUT2D eigenvalue weighted by molar-refractivity contribution is 7.12. The maximum Gasteiger partial charge on any atom is 0.348 e. The molecule has 88 valence electrons. The number of anilines is 2. The number of hydrogen-bond donors (Lipinski definition) is 2. The Morgan fingerprint density at radius 1 is 1.24 bits per heavy atom. The average Bonchev–Trinajstić information content (AvgIpc) is 2.72. The molecule has 0 saturated heterocycles. The fourth-order valence-corrected chi connectivity index (χ4v) is 2.01. The molecule has 0 spiro atoms. The first kappa shape index (κ1) is 11.5. The topological polar surface area (TPSA) is 49.3 Å². The number of carboxylic acids is 1. The van der Waals surface area contributed by atoms with Gasteiger partial charge in [0.25, 0.3) is 0 Å². The highest BCUT2D eigenvalue weighted by Crippen LogP contribution is 2.28. The lowest BCUT2D eigenvalue weighted by Gasteiger charge is -2.07. The molecule has 1 aromatic carbocycles. The molecule has 17 heavy (non-hydrogen) atoms. The first-order valence-corrected chi connectivity index (χ1v) is 5.49. The van der Waals surface area contributed by atoms with Gasteiger partial charge in [-0.15, -0.1) is 11.3 Å². The Labute approximate surface area is 99.3 Å². The molecule has 0 aliphatic rings. The zero-order valence-corrected chi connectivity index (χ0v) is 9.22. The highest BCUT2D eigenvalue weighted by atomic mass is 32.1. The van der Waals surface area contributed by atoms with Crippen molar-refractivity contribution in [1.82, 2.24) is 0 Å². The number of hydrogen-bond acceptors (Lipinski definition) is 3. The quantitative estimate of drug-likeness (QED) is 0.882. The number of benzene rings is 1. The van der Waals surface area contributed by atoms with Gasteiger partial charge in [-0.1, -0.05) is 6.07 Å². The molecule has 0 unspecified atom stereocenters. The van der Waals surface area contributed by atoms with Gasteiger partial charge in [-0.2, -0.15) is 0 Å². The van der Waals surface area contributed by atoms with Crippen molar-refractivity contribution >= 4 is 28.7 Å². The summed E-state index contributed by atoms with van der Waals surface area (Å²) in [6.07, 6.45) is 0. The molecule has 2 rings (SSSR count). The summed E-state index contributed by atoms with van der Waals surface area (Å²) >= 11 is 0.982. The largest absolute Gasteiger partial charge is 0.477 e. The SMILES string of the molecule is O=C(O)c1sccc1Nc1c(F)cccc1F. The van der Waals surface area contributed by atoms with E-state index in [9.17, 15) is 13.6 Å². The van der Waals surface area contributed by atoms with Crippen LogP contribution in [0, 0.1) is 11.6 Å². The number of rotatable bonds is 3. The van der Waals surface area contributed by atoms with Gasteiger partial charge in [0.05, 0.1) is 5.69 Å². The van der Waals surface area contributed by atoms with Crippen LogP contribution in [0.4, 0.5) is 20.2 Å². The number of carbonyl (C=O) groups is 1. The van der Waals surface area contributed by atoms with Crippen LogP contribution in [0.15, 0.2) is 29.6 Å². The van der Waals surface area contributed by atoms with E-state index in [1.165, 1.54) is 17.5 Å². The number of nitrogens with one attached hydrogen (secondary N) is 1. The molecule has 0 aliphatic carbocycles. The van der Waals surface area contributed by atoms with Gasteiger partial charge in [0.2, 0.25) is 0 Å². The Kier molecular flexibility index (Phi) is 3.06. The molecule has 6 heteroatoms. The molecule has 1 heterocycles. The maximum atomic E-state index is 13.3. The van der Waals surface area contributed by atoms with E-state index >= 15 is 0 Å². The van der Waals surface area contributed by atoms with Crippen molar-refractivity contribution in [2.45, 2.75) is 0 Å². The van der Waals surface area contributed by atoms with E-state index in [0.717, 1.165) is 23.5 Å². The molecule has 0 fully saturated rings. The van der Waals surface area contributed by atoms with E-state index in [2.05, 4.69) is 5.32 Å². The molecule has 0 amide bonds. The fourth-order valence-electron chi connectivity index (χ4n) is 1.33. The summed E-state index contributed by atoms with van der Waals surface area (Å²) in [5, 5.41) is 12.8. The lowest BCUT2D eigenvalue weighted by molar-refractivity contribution is 0.0703. The lowest BCUT2D eigenvalue weighted by Crippen LogP contribution is -2.01. The van der Waals surface area contributed by atoms with Crippen LogP contribution in [0.25, 0.3) is 0 Å². The zero-order valence-electron chi connectivity index (χ0n) is 8.41.